The molecule has 0 amide bonds. The molecule has 54 heavy (non-hydrogen) atoms. The second kappa shape index (κ2) is 20.1. The second-order valence-corrected chi connectivity index (χ2v) is 11.8. The number of hydrogen-bond donors (Lipinski definition) is 4. The Bertz CT molecular complexity index is 2030. The molecule has 0 aliphatic carbocycles. The number of nitrogens with zero attached hydrogens (tertiary/aromatic N) is 8. The summed E-state index contributed by atoms with van der Waals surface area (Å²) in [6.45, 7) is 12.2. The van der Waals surface area contributed by atoms with Crippen LogP contribution in [0.1, 0.15) is 30.1 Å². The molecule has 0 unspecified atom stereocenters. The average molecular weight is 747 g/mol. The highest BCUT2D eigenvalue weighted by Gasteiger charge is 2.23. The zero-order chi connectivity index (χ0) is 39.0. The number of aliphatic carboxylic acids is 4. The number of carboxylic acid groups (broad SMARTS) is 4. The van der Waals surface area contributed by atoms with E-state index in [0.717, 1.165) is 91.3 Å². The summed E-state index contributed by atoms with van der Waals surface area (Å²) in [7, 11) is 0. The van der Waals surface area contributed by atoms with Gasteiger partial charge in [0.2, 0.25) is 0 Å². The van der Waals surface area contributed by atoms with Crippen molar-refractivity contribution in [2.24, 2.45) is 0 Å². The van der Waals surface area contributed by atoms with Gasteiger partial charge in [-0.3, -0.25) is 9.80 Å². The largest absolute Gasteiger partial charge is 0.478 e. The number of piperazine rings is 1. The fourth-order valence-electron chi connectivity index (χ4n) is 5.47. The van der Waals surface area contributed by atoms with Crippen molar-refractivity contribution in [2.75, 3.05) is 39.4 Å². The molecule has 1 fully saturated rings. The number of aryl methyl sites for hydroxylation is 1. The van der Waals surface area contributed by atoms with E-state index in [2.05, 4.69) is 28.9 Å². The maximum absolute atomic E-state index is 9.55. The summed E-state index contributed by atoms with van der Waals surface area (Å²) in [6, 6.07) is 12.0. The van der Waals surface area contributed by atoms with E-state index in [9.17, 15) is 19.2 Å². The molecule has 18 nitrogen and oxygen atoms in total. The van der Waals surface area contributed by atoms with Gasteiger partial charge >= 0.3 is 23.9 Å². The SMILES string of the molecule is CCOCCn1c(CN2CCN(Cc3nc4cccnc4n3Cc3ccc(C)o3)CC2)nc2cccnc21.O=C(O)C=CC(=O)O.O=C(O)C=CC(=O)O. The van der Waals surface area contributed by atoms with E-state index in [1.54, 1.807) is 0 Å². The summed E-state index contributed by atoms with van der Waals surface area (Å²) >= 11 is 0. The number of aromatic nitrogens is 6. The van der Waals surface area contributed by atoms with Crippen molar-refractivity contribution in [3.8, 4) is 0 Å². The highest BCUT2D eigenvalue weighted by Crippen LogP contribution is 2.20. The minimum Gasteiger partial charge on any atom is -0.478 e. The fourth-order valence-corrected chi connectivity index (χ4v) is 5.47. The lowest BCUT2D eigenvalue weighted by atomic mass is 10.3. The van der Waals surface area contributed by atoms with E-state index in [-0.39, 0.29) is 0 Å². The number of ether oxygens (including phenoxy) is 1. The molecule has 0 aromatic carbocycles. The standard InChI is InChI=1S/C28H34N8O2.2C4H4O4/c1-3-37-17-16-35-25(31-23-6-4-10-29-27(23)35)19-33-12-14-34(15-13-33)20-26-32-24-7-5-11-30-28(24)36(26)18-22-9-8-21(2)38-22;2*5-3(6)1-2-4(7)8/h4-11H,3,12-20H2,1-2H3;2*1-2H,(H,5,6)(H,7,8). The molecule has 286 valence electrons. The van der Waals surface area contributed by atoms with Crippen molar-refractivity contribution in [2.45, 2.75) is 40.0 Å². The van der Waals surface area contributed by atoms with Crippen LogP contribution in [0.4, 0.5) is 0 Å². The van der Waals surface area contributed by atoms with Crippen molar-refractivity contribution in [3.05, 3.63) is 96.3 Å². The van der Waals surface area contributed by atoms with Gasteiger partial charge in [-0.25, -0.2) is 39.1 Å². The Kier molecular flexibility index (Phi) is 15.1. The molecule has 0 radical (unpaired) electrons. The van der Waals surface area contributed by atoms with E-state index < -0.39 is 23.9 Å². The van der Waals surface area contributed by atoms with Crippen molar-refractivity contribution in [3.63, 3.8) is 0 Å². The number of rotatable bonds is 14. The highest BCUT2D eigenvalue weighted by atomic mass is 16.5. The van der Waals surface area contributed by atoms with Gasteiger partial charge in [-0.2, -0.15) is 0 Å². The van der Waals surface area contributed by atoms with Crippen molar-refractivity contribution < 1.29 is 48.8 Å². The lowest BCUT2D eigenvalue weighted by Crippen LogP contribution is -2.46. The summed E-state index contributed by atoms with van der Waals surface area (Å²) in [5.41, 5.74) is 3.69. The third-order valence-electron chi connectivity index (χ3n) is 7.87. The van der Waals surface area contributed by atoms with Crippen molar-refractivity contribution >= 4 is 46.2 Å². The summed E-state index contributed by atoms with van der Waals surface area (Å²) in [6.07, 6.45) is 5.89. The molecule has 0 bridgehead atoms. The predicted molar refractivity (Wildman–Crippen MR) is 193 cm³/mol. The highest BCUT2D eigenvalue weighted by molar-refractivity contribution is 5.90. The van der Waals surface area contributed by atoms with Crippen molar-refractivity contribution in [1.29, 1.82) is 0 Å². The number of carbonyl (C=O) groups is 4. The molecular weight excluding hydrogens is 704 g/mol. The van der Waals surface area contributed by atoms with Crippen LogP contribution in [0, 0.1) is 6.92 Å². The molecule has 4 N–H and O–H groups in total. The third kappa shape index (κ3) is 12.5. The second-order valence-electron chi connectivity index (χ2n) is 11.8. The monoisotopic (exact) mass is 746 g/mol. The maximum Gasteiger partial charge on any atom is 0.328 e. The lowest BCUT2D eigenvalue weighted by Gasteiger charge is -2.34. The van der Waals surface area contributed by atoms with Crippen LogP contribution >= 0.6 is 0 Å². The Labute approximate surface area is 309 Å². The van der Waals surface area contributed by atoms with Crippen LogP contribution in [-0.2, 0) is 50.1 Å². The molecular formula is C36H42N8O10. The quantitative estimate of drug-likeness (QED) is 0.0943. The molecule has 0 spiro atoms. The van der Waals surface area contributed by atoms with Crippen LogP contribution in [0.3, 0.4) is 0 Å². The van der Waals surface area contributed by atoms with Crippen LogP contribution < -0.4 is 0 Å². The molecule has 5 aromatic heterocycles. The minimum absolute atomic E-state index is 0.558. The summed E-state index contributed by atoms with van der Waals surface area (Å²) in [5, 5.41) is 31.2. The molecule has 6 heterocycles. The van der Waals surface area contributed by atoms with E-state index in [1.165, 1.54) is 0 Å². The fraction of sp³-hybridized carbons (Fsp3) is 0.333. The van der Waals surface area contributed by atoms with Crippen LogP contribution in [0.25, 0.3) is 22.3 Å². The molecule has 0 saturated carbocycles. The molecule has 1 saturated heterocycles. The predicted octanol–water partition coefficient (Wildman–Crippen LogP) is 2.90. The number of fused-ring (bicyclic) bond motifs is 2. The van der Waals surface area contributed by atoms with Gasteiger partial charge in [-0.05, 0) is 50.2 Å². The molecule has 6 rings (SSSR count). The van der Waals surface area contributed by atoms with Crippen LogP contribution in [-0.4, -0.2) is 123 Å². The number of pyridine rings is 2. The van der Waals surface area contributed by atoms with Gasteiger partial charge < -0.3 is 38.7 Å². The average Bonchev–Trinajstić information content (AvgIpc) is 3.82. The zero-order valence-electron chi connectivity index (χ0n) is 29.8. The van der Waals surface area contributed by atoms with Gasteiger partial charge in [0.1, 0.15) is 34.2 Å². The van der Waals surface area contributed by atoms with Gasteiger partial charge in [-0.1, -0.05) is 0 Å². The number of imidazole rings is 2. The van der Waals surface area contributed by atoms with Crippen molar-refractivity contribution in [1.82, 2.24) is 38.9 Å². The normalized spacial score (nSPS) is 13.5. The Morgan fingerprint density at radius 2 is 1.17 bits per heavy atom. The Morgan fingerprint density at radius 1 is 0.704 bits per heavy atom. The van der Waals surface area contributed by atoms with Gasteiger partial charge in [0.15, 0.2) is 11.3 Å². The summed E-state index contributed by atoms with van der Waals surface area (Å²) in [4.78, 5) is 62.2. The third-order valence-corrected chi connectivity index (χ3v) is 7.87. The molecule has 18 heteroatoms. The Balaban J connectivity index is 0.000000341. The van der Waals surface area contributed by atoms with Gasteiger partial charge in [-0.15, -0.1) is 0 Å². The van der Waals surface area contributed by atoms with Gasteiger partial charge in [0.25, 0.3) is 0 Å². The molecule has 5 aromatic rings. The smallest absolute Gasteiger partial charge is 0.328 e. The van der Waals surface area contributed by atoms with E-state index in [4.69, 9.17) is 39.5 Å². The van der Waals surface area contributed by atoms with Crippen LogP contribution in [0.15, 0.2) is 77.5 Å². The Morgan fingerprint density at radius 3 is 1.59 bits per heavy atom. The first-order chi connectivity index (χ1) is 25.9. The van der Waals surface area contributed by atoms with E-state index >= 15 is 0 Å². The van der Waals surface area contributed by atoms with E-state index in [0.29, 0.717) is 44.1 Å². The van der Waals surface area contributed by atoms with Gasteiger partial charge in [0, 0.05) is 76.0 Å². The first-order valence-electron chi connectivity index (χ1n) is 16.9. The van der Waals surface area contributed by atoms with Gasteiger partial charge in [0.05, 0.1) is 26.2 Å². The first kappa shape index (κ1) is 40.5. The lowest BCUT2D eigenvalue weighted by molar-refractivity contribution is -0.134. The topological polar surface area (TPSA) is 239 Å². The first-order valence-corrected chi connectivity index (χ1v) is 16.9. The maximum atomic E-state index is 9.55. The molecule has 0 atom stereocenters. The summed E-state index contributed by atoms with van der Waals surface area (Å²) < 4.78 is 15.9. The number of hydrogen-bond acceptors (Lipinski definition) is 12. The minimum atomic E-state index is -1.26. The zero-order valence-corrected chi connectivity index (χ0v) is 29.8. The number of carboxylic acids is 4. The summed E-state index contributed by atoms with van der Waals surface area (Å²) in [5.74, 6) is -1.13. The van der Waals surface area contributed by atoms with E-state index in [1.807, 2.05) is 62.6 Å². The number of furan rings is 1. The molecule has 1 aliphatic rings. The van der Waals surface area contributed by atoms with Crippen LogP contribution in [0.2, 0.25) is 0 Å². The Hall–Kier alpha value is -6.24. The van der Waals surface area contributed by atoms with Crippen LogP contribution in [0.5, 0.6) is 0 Å². The molecule has 1 aliphatic heterocycles.